The molecule has 2 nitrogen and oxygen atoms in total. The number of hydrogen-bond donors (Lipinski definition) is 0. The molecule has 3 aromatic rings. The van der Waals surface area contributed by atoms with E-state index in [0.29, 0.717) is 5.75 Å². The van der Waals surface area contributed by atoms with E-state index < -0.39 is 0 Å². The van der Waals surface area contributed by atoms with Crippen molar-refractivity contribution < 1.29 is 9.53 Å². The first-order valence-corrected chi connectivity index (χ1v) is 8.42. The number of benzene rings is 3. The van der Waals surface area contributed by atoms with Gasteiger partial charge in [-0.3, -0.25) is 0 Å². The molecule has 0 aromatic heterocycles. The Morgan fingerprint density at radius 1 is 0.840 bits per heavy atom. The van der Waals surface area contributed by atoms with Crippen LogP contribution in [0.15, 0.2) is 78.9 Å². The van der Waals surface area contributed by atoms with Gasteiger partial charge in [0.25, 0.3) is 0 Å². The highest BCUT2D eigenvalue weighted by atomic mass is 16.5. The lowest BCUT2D eigenvalue weighted by Crippen LogP contribution is -2.05. The van der Waals surface area contributed by atoms with Crippen molar-refractivity contribution in [3.63, 3.8) is 0 Å². The van der Waals surface area contributed by atoms with Crippen LogP contribution < -0.4 is 4.74 Å². The fraction of sp³-hybridized carbons (Fsp3) is 0.0870. The van der Waals surface area contributed by atoms with Crippen molar-refractivity contribution in [1.82, 2.24) is 0 Å². The maximum atomic E-state index is 11.9. The summed E-state index contributed by atoms with van der Waals surface area (Å²) in [4.78, 5) is 11.9. The quantitative estimate of drug-likeness (QED) is 0.286. The summed E-state index contributed by atoms with van der Waals surface area (Å²) in [6, 6.07) is 22.6. The van der Waals surface area contributed by atoms with Gasteiger partial charge in [-0.05, 0) is 47.2 Å². The van der Waals surface area contributed by atoms with Gasteiger partial charge in [-0.25, -0.2) is 4.79 Å². The smallest absolute Gasteiger partial charge is 0.335 e. The van der Waals surface area contributed by atoms with Crippen molar-refractivity contribution >= 4 is 5.97 Å². The number of carbonyl (C=O) groups is 1. The molecule has 1 aliphatic carbocycles. The number of para-hydroxylation sites is 1. The van der Waals surface area contributed by atoms with Crippen LogP contribution in [0.3, 0.4) is 0 Å². The van der Waals surface area contributed by atoms with Crippen LogP contribution in [-0.4, -0.2) is 5.97 Å². The van der Waals surface area contributed by atoms with Gasteiger partial charge >= 0.3 is 5.97 Å². The van der Waals surface area contributed by atoms with Gasteiger partial charge in [-0.1, -0.05) is 66.7 Å². The topological polar surface area (TPSA) is 26.3 Å². The third-order valence-electron chi connectivity index (χ3n) is 4.54. The number of fused-ring (bicyclic) bond motifs is 3. The Labute approximate surface area is 147 Å². The van der Waals surface area contributed by atoms with Crippen molar-refractivity contribution in [1.29, 1.82) is 0 Å². The summed E-state index contributed by atoms with van der Waals surface area (Å²) in [7, 11) is 0. The maximum absolute atomic E-state index is 11.9. The second-order valence-electron chi connectivity index (χ2n) is 6.08. The Balaban J connectivity index is 1.82. The number of hydrogen-bond acceptors (Lipinski definition) is 2. The molecular formula is C23H18O2. The molecular weight excluding hydrogens is 308 g/mol. The van der Waals surface area contributed by atoms with E-state index in [9.17, 15) is 4.79 Å². The molecule has 0 fully saturated rings. The molecule has 1 aliphatic rings. The van der Waals surface area contributed by atoms with Gasteiger partial charge in [-0.15, -0.1) is 0 Å². The van der Waals surface area contributed by atoms with Crippen LogP contribution in [0.25, 0.3) is 22.3 Å². The Morgan fingerprint density at radius 3 is 2.28 bits per heavy atom. The average molecular weight is 326 g/mol. The van der Waals surface area contributed by atoms with E-state index in [4.69, 9.17) is 4.74 Å². The Morgan fingerprint density at radius 2 is 1.48 bits per heavy atom. The minimum Gasteiger partial charge on any atom is -0.423 e. The summed E-state index contributed by atoms with van der Waals surface area (Å²) in [5, 5.41) is 0. The van der Waals surface area contributed by atoms with Crippen LogP contribution in [0.5, 0.6) is 5.75 Å². The molecule has 0 saturated heterocycles. The molecule has 0 saturated carbocycles. The molecule has 0 spiro atoms. The van der Waals surface area contributed by atoms with Gasteiger partial charge < -0.3 is 4.74 Å². The van der Waals surface area contributed by atoms with Gasteiger partial charge in [0.15, 0.2) is 0 Å². The van der Waals surface area contributed by atoms with Crippen LogP contribution in [-0.2, 0) is 11.2 Å². The third-order valence-corrected chi connectivity index (χ3v) is 4.54. The summed E-state index contributed by atoms with van der Waals surface area (Å²) in [6.07, 6.45) is 4.02. The average Bonchev–Trinajstić information content (AvgIpc) is 3.01. The van der Waals surface area contributed by atoms with Crippen molar-refractivity contribution in [3.8, 4) is 28.0 Å². The lowest BCUT2D eigenvalue weighted by Gasteiger charge is -2.13. The molecule has 25 heavy (non-hydrogen) atoms. The molecule has 0 aliphatic heterocycles. The van der Waals surface area contributed by atoms with Gasteiger partial charge in [0.1, 0.15) is 5.75 Å². The summed E-state index contributed by atoms with van der Waals surface area (Å²) in [6.45, 7) is 1.80. The lowest BCUT2D eigenvalue weighted by atomic mass is 9.95. The standard InChI is InChI=1S/C23H18O2/c1-2-8-23(24)25-22-14-6-5-11-20(22)19-13-7-12-18-17-10-4-3-9-16(17)15-21(18)19/h2-14H,15H2,1H3. The molecule has 0 heterocycles. The zero-order valence-corrected chi connectivity index (χ0v) is 14.0. The van der Waals surface area contributed by atoms with Crippen molar-refractivity contribution in [2.75, 3.05) is 0 Å². The molecule has 0 bridgehead atoms. The van der Waals surface area contributed by atoms with E-state index in [1.54, 1.807) is 13.0 Å². The predicted octanol–water partition coefficient (Wildman–Crippen LogP) is 5.41. The summed E-state index contributed by atoms with van der Waals surface area (Å²) in [5.74, 6) is 0.237. The SMILES string of the molecule is CC=CC(=O)Oc1ccccc1-c1cccc2c1Cc1ccccc1-2. The highest BCUT2D eigenvalue weighted by Gasteiger charge is 2.22. The maximum Gasteiger partial charge on any atom is 0.335 e. The first-order valence-electron chi connectivity index (χ1n) is 8.42. The fourth-order valence-electron chi connectivity index (χ4n) is 3.47. The molecule has 3 aromatic carbocycles. The molecule has 122 valence electrons. The van der Waals surface area contributed by atoms with Gasteiger partial charge in [0.2, 0.25) is 0 Å². The minimum absolute atomic E-state index is 0.356. The fourth-order valence-corrected chi connectivity index (χ4v) is 3.47. The normalized spacial score (nSPS) is 12.0. The zero-order chi connectivity index (χ0) is 17.2. The van der Waals surface area contributed by atoms with Crippen LogP contribution >= 0.6 is 0 Å². The van der Waals surface area contributed by atoms with Crippen LogP contribution in [0, 0.1) is 0 Å². The lowest BCUT2D eigenvalue weighted by molar-refractivity contribution is -0.128. The first kappa shape index (κ1) is 15.4. The Bertz CT molecular complexity index is 983. The van der Waals surface area contributed by atoms with Crippen LogP contribution in [0.4, 0.5) is 0 Å². The van der Waals surface area contributed by atoms with E-state index in [1.165, 1.54) is 28.3 Å². The van der Waals surface area contributed by atoms with E-state index in [1.807, 2.05) is 24.3 Å². The molecule has 0 atom stereocenters. The van der Waals surface area contributed by atoms with Crippen LogP contribution in [0.2, 0.25) is 0 Å². The number of carbonyl (C=O) groups excluding carboxylic acids is 1. The molecule has 4 rings (SSSR count). The zero-order valence-electron chi connectivity index (χ0n) is 14.0. The number of ether oxygens (including phenoxy) is 1. The second kappa shape index (κ2) is 6.40. The largest absolute Gasteiger partial charge is 0.423 e. The molecule has 0 N–H and O–H groups in total. The number of rotatable bonds is 3. The first-order chi connectivity index (χ1) is 12.3. The Hall–Kier alpha value is -3.13. The van der Waals surface area contributed by atoms with Crippen molar-refractivity contribution in [2.24, 2.45) is 0 Å². The van der Waals surface area contributed by atoms with E-state index in [2.05, 4.69) is 42.5 Å². The van der Waals surface area contributed by atoms with E-state index in [-0.39, 0.29) is 5.97 Å². The van der Waals surface area contributed by atoms with E-state index >= 15 is 0 Å². The molecule has 0 amide bonds. The van der Waals surface area contributed by atoms with Crippen molar-refractivity contribution in [2.45, 2.75) is 13.3 Å². The van der Waals surface area contributed by atoms with Crippen molar-refractivity contribution in [3.05, 3.63) is 90.0 Å². The van der Waals surface area contributed by atoms with E-state index in [0.717, 1.165) is 17.5 Å². The summed E-state index contributed by atoms with van der Waals surface area (Å²) in [5.41, 5.74) is 7.26. The highest BCUT2D eigenvalue weighted by molar-refractivity contribution is 5.89. The Kier molecular flexibility index (Phi) is 3.95. The monoisotopic (exact) mass is 326 g/mol. The highest BCUT2D eigenvalue weighted by Crippen LogP contribution is 2.43. The summed E-state index contributed by atoms with van der Waals surface area (Å²) >= 11 is 0. The van der Waals surface area contributed by atoms with Gasteiger partial charge in [0, 0.05) is 11.6 Å². The molecule has 0 radical (unpaired) electrons. The molecule has 2 heteroatoms. The van der Waals surface area contributed by atoms with Gasteiger partial charge in [0.05, 0.1) is 0 Å². The minimum atomic E-state index is -0.356. The number of esters is 1. The number of allylic oxidation sites excluding steroid dienone is 1. The molecule has 0 unspecified atom stereocenters. The van der Waals surface area contributed by atoms with Crippen LogP contribution in [0.1, 0.15) is 18.1 Å². The third kappa shape index (κ3) is 2.76. The second-order valence-corrected chi connectivity index (χ2v) is 6.08. The summed E-state index contributed by atoms with van der Waals surface area (Å²) < 4.78 is 5.55. The van der Waals surface area contributed by atoms with Gasteiger partial charge in [-0.2, -0.15) is 0 Å². The predicted molar refractivity (Wildman–Crippen MR) is 101 cm³/mol.